The summed E-state index contributed by atoms with van der Waals surface area (Å²) in [5.41, 5.74) is 3.10. The van der Waals surface area contributed by atoms with E-state index in [9.17, 15) is 9.59 Å². The lowest BCUT2D eigenvalue weighted by Crippen LogP contribution is -2.23. The van der Waals surface area contributed by atoms with Crippen molar-refractivity contribution >= 4 is 17.5 Å². The lowest BCUT2D eigenvalue weighted by Gasteiger charge is -2.21. The average Bonchev–Trinajstić information content (AvgIpc) is 2.44. The summed E-state index contributed by atoms with van der Waals surface area (Å²) in [4.78, 5) is 23.6. The van der Waals surface area contributed by atoms with E-state index in [1.807, 2.05) is 32.9 Å². The molecule has 0 unspecified atom stereocenters. The van der Waals surface area contributed by atoms with Gasteiger partial charge < -0.3 is 9.47 Å². The van der Waals surface area contributed by atoms with Crippen molar-refractivity contribution in [3.8, 4) is 0 Å². The molecule has 0 aromatic heterocycles. The minimum atomic E-state index is -0.500. The summed E-state index contributed by atoms with van der Waals surface area (Å²) >= 11 is 0. The maximum absolute atomic E-state index is 12.0. The second-order valence-corrected chi connectivity index (χ2v) is 6.42. The van der Waals surface area contributed by atoms with Crippen LogP contribution in [0.4, 0.5) is 0 Å². The van der Waals surface area contributed by atoms with Crippen molar-refractivity contribution in [3.05, 3.63) is 41.0 Å². The van der Waals surface area contributed by atoms with Crippen LogP contribution in [0.2, 0.25) is 0 Å². The van der Waals surface area contributed by atoms with Gasteiger partial charge in [0.1, 0.15) is 5.60 Å². The van der Waals surface area contributed by atoms with Gasteiger partial charge >= 0.3 is 11.9 Å². The molecule has 22 heavy (non-hydrogen) atoms. The standard InChI is InChI=1S/C18H22O4/c1-18(2,3)22-16(19)11-13-7-5-6-12-10-14(17(20)21-4)8-9-15(12)13/h8-11H,5-7H2,1-4H3/b13-11+. The molecule has 0 heterocycles. The van der Waals surface area contributed by atoms with E-state index in [0.29, 0.717) is 5.56 Å². The van der Waals surface area contributed by atoms with Gasteiger partial charge in [-0.05, 0) is 68.9 Å². The zero-order valence-corrected chi connectivity index (χ0v) is 13.6. The monoisotopic (exact) mass is 302 g/mol. The highest BCUT2D eigenvalue weighted by molar-refractivity contribution is 5.94. The highest BCUT2D eigenvalue weighted by atomic mass is 16.6. The Labute approximate surface area is 131 Å². The van der Waals surface area contributed by atoms with E-state index in [4.69, 9.17) is 9.47 Å². The van der Waals surface area contributed by atoms with Crippen molar-refractivity contribution in [1.82, 2.24) is 0 Å². The third kappa shape index (κ3) is 3.97. The van der Waals surface area contributed by atoms with Gasteiger partial charge in [0.2, 0.25) is 0 Å². The molecule has 0 atom stereocenters. The average molecular weight is 302 g/mol. The molecular weight excluding hydrogens is 280 g/mol. The van der Waals surface area contributed by atoms with Crippen LogP contribution in [0.1, 0.15) is 55.1 Å². The second kappa shape index (κ2) is 6.34. The molecule has 1 aliphatic rings. The highest BCUT2D eigenvalue weighted by Gasteiger charge is 2.20. The zero-order valence-electron chi connectivity index (χ0n) is 13.6. The first kappa shape index (κ1) is 16.3. The summed E-state index contributed by atoms with van der Waals surface area (Å²) in [6, 6.07) is 5.47. The fraction of sp³-hybridized carbons (Fsp3) is 0.444. The van der Waals surface area contributed by atoms with Gasteiger partial charge in [-0.3, -0.25) is 0 Å². The molecule has 118 valence electrons. The molecule has 4 nitrogen and oxygen atoms in total. The summed E-state index contributed by atoms with van der Waals surface area (Å²) in [6.07, 6.45) is 4.25. The number of ether oxygens (including phenoxy) is 2. The van der Waals surface area contributed by atoms with Crippen LogP contribution in [-0.2, 0) is 20.7 Å². The number of methoxy groups -OCH3 is 1. The molecule has 0 saturated carbocycles. The van der Waals surface area contributed by atoms with E-state index >= 15 is 0 Å². The van der Waals surface area contributed by atoms with Crippen LogP contribution in [0.3, 0.4) is 0 Å². The summed E-state index contributed by atoms with van der Waals surface area (Å²) < 4.78 is 10.1. The predicted molar refractivity (Wildman–Crippen MR) is 84.5 cm³/mol. The number of allylic oxidation sites excluding steroid dienone is 1. The molecule has 0 fully saturated rings. The maximum Gasteiger partial charge on any atom is 0.337 e. The quantitative estimate of drug-likeness (QED) is 0.619. The lowest BCUT2D eigenvalue weighted by atomic mass is 9.86. The Morgan fingerprint density at radius 2 is 1.91 bits per heavy atom. The molecule has 2 rings (SSSR count). The molecule has 0 radical (unpaired) electrons. The van der Waals surface area contributed by atoms with Gasteiger partial charge in [0, 0.05) is 6.08 Å². The van der Waals surface area contributed by atoms with E-state index in [0.717, 1.165) is 36.0 Å². The normalized spacial score (nSPS) is 16.1. The maximum atomic E-state index is 12.0. The van der Waals surface area contributed by atoms with Crippen LogP contribution in [0.25, 0.3) is 5.57 Å². The van der Waals surface area contributed by atoms with Gasteiger partial charge in [-0.1, -0.05) is 6.07 Å². The number of aryl methyl sites for hydroxylation is 1. The second-order valence-electron chi connectivity index (χ2n) is 6.42. The Hall–Kier alpha value is -2.10. The Morgan fingerprint density at radius 1 is 1.18 bits per heavy atom. The first-order valence-corrected chi connectivity index (χ1v) is 7.45. The van der Waals surface area contributed by atoms with E-state index in [2.05, 4.69) is 0 Å². The topological polar surface area (TPSA) is 52.6 Å². The van der Waals surface area contributed by atoms with E-state index in [-0.39, 0.29) is 11.9 Å². The van der Waals surface area contributed by atoms with Gasteiger partial charge in [0.15, 0.2) is 0 Å². The number of hydrogen-bond donors (Lipinski definition) is 0. The Balaban J connectivity index is 2.29. The van der Waals surface area contributed by atoms with E-state index < -0.39 is 5.60 Å². The number of esters is 2. The smallest absolute Gasteiger partial charge is 0.337 e. The van der Waals surface area contributed by atoms with E-state index in [1.165, 1.54) is 7.11 Å². The van der Waals surface area contributed by atoms with Crippen LogP contribution < -0.4 is 0 Å². The van der Waals surface area contributed by atoms with Crippen molar-refractivity contribution in [2.24, 2.45) is 0 Å². The van der Waals surface area contributed by atoms with Crippen molar-refractivity contribution in [3.63, 3.8) is 0 Å². The number of benzene rings is 1. The van der Waals surface area contributed by atoms with Gasteiger partial charge in [-0.15, -0.1) is 0 Å². The number of hydrogen-bond acceptors (Lipinski definition) is 4. The first-order chi connectivity index (χ1) is 10.3. The summed E-state index contributed by atoms with van der Waals surface area (Å²) in [5, 5.41) is 0. The molecular formula is C18H22O4. The van der Waals surface area contributed by atoms with Gasteiger partial charge in [-0.2, -0.15) is 0 Å². The van der Waals surface area contributed by atoms with Crippen molar-refractivity contribution in [2.45, 2.75) is 45.6 Å². The number of carbonyl (C=O) groups excluding carboxylic acids is 2. The largest absolute Gasteiger partial charge is 0.465 e. The molecule has 0 N–H and O–H groups in total. The third-order valence-electron chi connectivity index (χ3n) is 3.46. The Morgan fingerprint density at radius 3 is 2.55 bits per heavy atom. The zero-order chi connectivity index (χ0) is 16.3. The minimum Gasteiger partial charge on any atom is -0.465 e. The molecule has 1 aromatic rings. The number of carbonyl (C=O) groups is 2. The summed E-state index contributed by atoms with van der Waals surface area (Å²) in [6.45, 7) is 5.54. The number of rotatable bonds is 2. The molecule has 4 heteroatoms. The number of fused-ring (bicyclic) bond motifs is 1. The van der Waals surface area contributed by atoms with Crippen LogP contribution in [-0.4, -0.2) is 24.6 Å². The SMILES string of the molecule is COC(=O)c1ccc2c(c1)CCC/C2=C\C(=O)OC(C)(C)C. The van der Waals surface area contributed by atoms with Crippen LogP contribution in [0.5, 0.6) is 0 Å². The lowest BCUT2D eigenvalue weighted by molar-refractivity contribution is -0.148. The van der Waals surface area contributed by atoms with Gasteiger partial charge in [0.05, 0.1) is 12.7 Å². The van der Waals surface area contributed by atoms with Crippen LogP contribution in [0, 0.1) is 0 Å². The molecule has 0 bridgehead atoms. The summed E-state index contributed by atoms with van der Waals surface area (Å²) in [5.74, 6) is -0.668. The molecule has 1 aromatic carbocycles. The van der Waals surface area contributed by atoms with Gasteiger partial charge in [0.25, 0.3) is 0 Å². The highest BCUT2D eigenvalue weighted by Crippen LogP contribution is 2.31. The molecule has 0 saturated heterocycles. The fourth-order valence-corrected chi connectivity index (χ4v) is 2.59. The molecule has 0 spiro atoms. The van der Waals surface area contributed by atoms with E-state index in [1.54, 1.807) is 12.1 Å². The predicted octanol–water partition coefficient (Wildman–Crippen LogP) is 3.53. The summed E-state index contributed by atoms with van der Waals surface area (Å²) in [7, 11) is 1.37. The molecule has 0 amide bonds. The van der Waals surface area contributed by atoms with Gasteiger partial charge in [-0.25, -0.2) is 9.59 Å². The van der Waals surface area contributed by atoms with Crippen molar-refractivity contribution < 1.29 is 19.1 Å². The third-order valence-corrected chi connectivity index (χ3v) is 3.46. The van der Waals surface area contributed by atoms with Crippen LogP contribution >= 0.6 is 0 Å². The minimum absolute atomic E-state index is 0.326. The Kier molecular flexibility index (Phi) is 4.69. The van der Waals surface area contributed by atoms with Crippen LogP contribution in [0.15, 0.2) is 24.3 Å². The fourth-order valence-electron chi connectivity index (χ4n) is 2.59. The molecule has 1 aliphatic carbocycles. The molecule has 0 aliphatic heterocycles. The Bertz CT molecular complexity index is 620. The van der Waals surface area contributed by atoms with Crippen molar-refractivity contribution in [1.29, 1.82) is 0 Å². The van der Waals surface area contributed by atoms with Crippen molar-refractivity contribution in [2.75, 3.05) is 7.11 Å². The first-order valence-electron chi connectivity index (χ1n) is 7.45.